The summed E-state index contributed by atoms with van der Waals surface area (Å²) in [6.45, 7) is 4.17. The summed E-state index contributed by atoms with van der Waals surface area (Å²) in [5.41, 5.74) is 5.59. The maximum Gasteiger partial charge on any atom is 0.223 e. The van der Waals surface area contributed by atoms with Gasteiger partial charge in [-0.1, -0.05) is 109 Å². The lowest BCUT2D eigenvalue weighted by molar-refractivity contribution is -0.126. The van der Waals surface area contributed by atoms with Gasteiger partial charge in [-0.25, -0.2) is 0 Å². The van der Waals surface area contributed by atoms with Crippen molar-refractivity contribution < 1.29 is 4.79 Å². The van der Waals surface area contributed by atoms with Gasteiger partial charge >= 0.3 is 0 Å². The summed E-state index contributed by atoms with van der Waals surface area (Å²) in [7, 11) is 0. The number of halogens is 1. The van der Waals surface area contributed by atoms with Crippen molar-refractivity contribution in [2.45, 2.75) is 69.3 Å². The van der Waals surface area contributed by atoms with E-state index in [1.54, 1.807) is 11.8 Å². The Balaban J connectivity index is 1.54. The van der Waals surface area contributed by atoms with E-state index in [4.69, 9.17) is 16.7 Å². The Bertz CT molecular complexity index is 1410. The Kier molecular flexibility index (Phi) is 9.05. The number of thioether (sulfide) groups is 1. The summed E-state index contributed by atoms with van der Waals surface area (Å²) in [4.78, 5) is 13.5. The first kappa shape index (κ1) is 27.5. The van der Waals surface area contributed by atoms with Gasteiger partial charge in [0.05, 0.1) is 11.7 Å². The molecule has 1 aliphatic rings. The molecule has 0 bridgehead atoms. The molecule has 4 aromatic rings. The molecule has 1 aromatic heterocycles. The van der Waals surface area contributed by atoms with E-state index in [2.05, 4.69) is 65.2 Å². The highest BCUT2D eigenvalue weighted by Crippen LogP contribution is 2.32. The average Bonchev–Trinajstić information content (AvgIpc) is 3.37. The van der Waals surface area contributed by atoms with Gasteiger partial charge in [0.2, 0.25) is 5.91 Å². The van der Waals surface area contributed by atoms with Crippen LogP contribution in [-0.4, -0.2) is 20.7 Å². The number of carbonyl (C=O) groups excluding carboxylic acids is 1. The number of carbonyl (C=O) groups is 1. The highest BCUT2D eigenvalue weighted by atomic mass is 35.5. The molecule has 1 atom stereocenters. The molecule has 202 valence electrons. The zero-order valence-corrected chi connectivity index (χ0v) is 24.1. The molecule has 1 amide bonds. The van der Waals surface area contributed by atoms with E-state index >= 15 is 0 Å². The molecule has 0 radical (unpaired) electrons. The van der Waals surface area contributed by atoms with Crippen LogP contribution in [0.1, 0.15) is 66.2 Å². The summed E-state index contributed by atoms with van der Waals surface area (Å²) in [5, 5.41) is 14.2. The van der Waals surface area contributed by atoms with Crippen LogP contribution in [0.4, 0.5) is 0 Å². The summed E-state index contributed by atoms with van der Waals surface area (Å²) in [6.07, 6.45) is 5.95. The Hall–Kier alpha value is -3.09. The topological polar surface area (TPSA) is 59.8 Å². The second-order valence-corrected chi connectivity index (χ2v) is 11.8. The van der Waals surface area contributed by atoms with Gasteiger partial charge < -0.3 is 5.32 Å². The van der Waals surface area contributed by atoms with Gasteiger partial charge in [0.25, 0.3) is 0 Å². The molecule has 7 heteroatoms. The van der Waals surface area contributed by atoms with Crippen LogP contribution in [0, 0.1) is 19.8 Å². The molecule has 39 heavy (non-hydrogen) atoms. The molecular weight excluding hydrogens is 524 g/mol. The van der Waals surface area contributed by atoms with Crippen LogP contribution in [0.15, 0.2) is 78.0 Å². The first-order valence-corrected chi connectivity index (χ1v) is 15.1. The average molecular weight is 559 g/mol. The molecule has 0 aliphatic heterocycles. The lowest BCUT2D eigenvalue weighted by Crippen LogP contribution is -2.37. The van der Waals surface area contributed by atoms with E-state index in [0.717, 1.165) is 59.2 Å². The number of hydrogen-bond acceptors (Lipinski definition) is 4. The monoisotopic (exact) mass is 558 g/mol. The van der Waals surface area contributed by atoms with E-state index in [0.29, 0.717) is 11.4 Å². The van der Waals surface area contributed by atoms with Crippen LogP contribution in [0.2, 0.25) is 5.02 Å². The summed E-state index contributed by atoms with van der Waals surface area (Å²) >= 11 is 8.14. The van der Waals surface area contributed by atoms with Crippen LogP contribution in [-0.2, 0) is 17.0 Å². The Morgan fingerprint density at radius 3 is 2.51 bits per heavy atom. The normalized spacial score (nSPS) is 14.7. The summed E-state index contributed by atoms with van der Waals surface area (Å²) in [5.74, 6) is 1.65. The predicted octanol–water partition coefficient (Wildman–Crippen LogP) is 7.81. The van der Waals surface area contributed by atoms with E-state index in [9.17, 15) is 4.79 Å². The van der Waals surface area contributed by atoms with Crippen LogP contribution >= 0.6 is 23.4 Å². The van der Waals surface area contributed by atoms with Crippen molar-refractivity contribution >= 4 is 29.3 Å². The third kappa shape index (κ3) is 6.92. The van der Waals surface area contributed by atoms with Crippen molar-refractivity contribution in [3.05, 3.63) is 106 Å². The van der Waals surface area contributed by atoms with Crippen LogP contribution < -0.4 is 5.32 Å². The number of aromatic nitrogens is 3. The zero-order chi connectivity index (χ0) is 27.2. The minimum Gasteiger partial charge on any atom is -0.345 e. The Morgan fingerprint density at radius 2 is 1.74 bits per heavy atom. The maximum atomic E-state index is 13.5. The summed E-state index contributed by atoms with van der Waals surface area (Å²) in [6, 6.07) is 24.3. The van der Waals surface area contributed by atoms with Gasteiger partial charge in [-0.15, -0.1) is 10.2 Å². The zero-order valence-electron chi connectivity index (χ0n) is 22.6. The van der Waals surface area contributed by atoms with E-state index < -0.39 is 0 Å². The highest BCUT2D eigenvalue weighted by Gasteiger charge is 2.29. The van der Waals surface area contributed by atoms with Crippen molar-refractivity contribution in [3.8, 4) is 5.69 Å². The number of amides is 1. The lowest BCUT2D eigenvalue weighted by Gasteiger charge is -2.25. The first-order chi connectivity index (χ1) is 19.0. The van der Waals surface area contributed by atoms with Gasteiger partial charge in [0, 0.05) is 16.7 Å². The third-order valence-corrected chi connectivity index (χ3v) is 8.64. The SMILES string of the molecule is Cc1cccc(CSc2nnc(C(Cc3ccccc3)NC(=O)C3CCCCC3)n2-c2cc(Cl)ccc2C)c1. The maximum absolute atomic E-state index is 13.5. The quantitative estimate of drug-likeness (QED) is 0.213. The fourth-order valence-electron chi connectivity index (χ4n) is 5.31. The molecule has 3 aromatic carbocycles. The van der Waals surface area contributed by atoms with Crippen LogP contribution in [0.3, 0.4) is 0 Å². The van der Waals surface area contributed by atoms with Crippen LogP contribution in [0.5, 0.6) is 0 Å². The molecule has 0 spiro atoms. The Labute approximate surface area is 240 Å². The Morgan fingerprint density at radius 1 is 0.974 bits per heavy atom. The van der Waals surface area contributed by atoms with Gasteiger partial charge in [-0.2, -0.15) is 0 Å². The van der Waals surface area contributed by atoms with Gasteiger partial charge in [-0.3, -0.25) is 9.36 Å². The summed E-state index contributed by atoms with van der Waals surface area (Å²) < 4.78 is 2.09. The standard InChI is InChI=1S/C32H35ClN4OS/c1-22-10-9-13-25(18-22)21-39-32-36-35-30(37(32)29-20-27(33)17-16-23(29)2)28(19-24-11-5-3-6-12-24)34-31(38)26-14-7-4-8-15-26/h3,5-6,9-13,16-18,20,26,28H,4,7-8,14-15,19,21H2,1-2H3,(H,34,38). The molecule has 1 aliphatic carbocycles. The number of hydrogen-bond donors (Lipinski definition) is 1. The lowest BCUT2D eigenvalue weighted by atomic mass is 9.88. The number of aryl methyl sites for hydroxylation is 2. The largest absolute Gasteiger partial charge is 0.345 e. The van der Waals surface area contributed by atoms with E-state index in [-0.39, 0.29) is 17.9 Å². The molecule has 5 rings (SSSR count). The minimum absolute atomic E-state index is 0.0523. The molecule has 1 N–H and O–H groups in total. The number of benzene rings is 3. The fraction of sp³-hybridized carbons (Fsp3) is 0.344. The molecule has 1 saturated carbocycles. The van der Waals surface area contributed by atoms with Crippen LogP contribution in [0.25, 0.3) is 5.69 Å². The number of nitrogens with zero attached hydrogens (tertiary/aromatic N) is 3. The fourth-order valence-corrected chi connectivity index (χ4v) is 6.37. The van der Waals surface area contributed by atoms with Crippen molar-refractivity contribution in [1.29, 1.82) is 0 Å². The molecule has 1 heterocycles. The van der Waals surface area contributed by atoms with Crippen molar-refractivity contribution in [2.24, 2.45) is 5.92 Å². The van der Waals surface area contributed by atoms with Crippen molar-refractivity contribution in [3.63, 3.8) is 0 Å². The van der Waals surface area contributed by atoms with Gasteiger partial charge in [0.1, 0.15) is 0 Å². The molecule has 5 nitrogen and oxygen atoms in total. The number of nitrogens with one attached hydrogen (secondary N) is 1. The minimum atomic E-state index is -0.332. The third-order valence-electron chi connectivity index (χ3n) is 7.41. The predicted molar refractivity (Wildman–Crippen MR) is 159 cm³/mol. The second kappa shape index (κ2) is 12.8. The molecule has 0 saturated heterocycles. The number of rotatable bonds is 9. The van der Waals surface area contributed by atoms with Crippen molar-refractivity contribution in [1.82, 2.24) is 20.1 Å². The van der Waals surface area contributed by atoms with E-state index in [1.165, 1.54) is 17.5 Å². The first-order valence-electron chi connectivity index (χ1n) is 13.7. The van der Waals surface area contributed by atoms with E-state index in [1.807, 2.05) is 36.4 Å². The second-order valence-electron chi connectivity index (χ2n) is 10.5. The molecule has 1 fully saturated rings. The molecular formula is C32H35ClN4OS. The smallest absolute Gasteiger partial charge is 0.223 e. The van der Waals surface area contributed by atoms with Gasteiger partial charge in [0.15, 0.2) is 11.0 Å². The molecule has 1 unspecified atom stereocenters. The highest BCUT2D eigenvalue weighted by molar-refractivity contribution is 7.98. The van der Waals surface area contributed by atoms with Crippen molar-refractivity contribution in [2.75, 3.05) is 0 Å². The van der Waals surface area contributed by atoms with Gasteiger partial charge in [-0.05, 0) is 61.9 Å².